The van der Waals surface area contributed by atoms with Gasteiger partial charge in [-0.3, -0.25) is 4.79 Å². The van der Waals surface area contributed by atoms with Gasteiger partial charge in [-0.05, 0) is 31.9 Å². The number of para-hydroxylation sites is 1. The highest BCUT2D eigenvalue weighted by Gasteiger charge is 2.30. The van der Waals surface area contributed by atoms with Crippen molar-refractivity contribution in [3.8, 4) is 0 Å². The minimum absolute atomic E-state index is 0.0283. The first kappa shape index (κ1) is 17.6. The second-order valence-corrected chi connectivity index (χ2v) is 5.67. The highest BCUT2D eigenvalue weighted by Crippen LogP contribution is 2.20. The van der Waals surface area contributed by atoms with Gasteiger partial charge in [0, 0.05) is 24.8 Å². The Balaban J connectivity index is 1.74. The molecular formula is C16H21F3N2O2. The summed E-state index contributed by atoms with van der Waals surface area (Å²) in [7, 11) is 0. The Kier molecular flexibility index (Phi) is 5.87. The van der Waals surface area contributed by atoms with Gasteiger partial charge in [0.1, 0.15) is 12.7 Å². The Morgan fingerprint density at radius 1 is 1.30 bits per heavy atom. The van der Waals surface area contributed by atoms with E-state index in [1.54, 1.807) is 0 Å². The molecule has 1 atom stereocenters. The second-order valence-electron chi connectivity index (χ2n) is 5.67. The molecule has 1 fully saturated rings. The molecule has 7 heteroatoms. The molecule has 1 aliphatic heterocycles. The summed E-state index contributed by atoms with van der Waals surface area (Å²) in [5.74, 6) is -0.493. The van der Waals surface area contributed by atoms with Crippen molar-refractivity contribution in [2.45, 2.75) is 38.1 Å². The minimum Gasteiger partial charge on any atom is -0.371 e. The van der Waals surface area contributed by atoms with Gasteiger partial charge in [0.15, 0.2) is 0 Å². The number of benzene rings is 1. The molecule has 1 saturated heterocycles. The fourth-order valence-corrected chi connectivity index (χ4v) is 2.53. The van der Waals surface area contributed by atoms with E-state index < -0.39 is 24.8 Å². The molecule has 23 heavy (non-hydrogen) atoms. The molecule has 0 radical (unpaired) electrons. The van der Waals surface area contributed by atoms with E-state index >= 15 is 0 Å². The Morgan fingerprint density at radius 2 is 1.91 bits per heavy atom. The lowest BCUT2D eigenvalue weighted by atomic mass is 10.0. The van der Waals surface area contributed by atoms with Gasteiger partial charge < -0.3 is 15.0 Å². The number of halogens is 3. The summed E-state index contributed by atoms with van der Waals surface area (Å²) in [4.78, 5) is 14.1. The molecule has 1 aliphatic rings. The van der Waals surface area contributed by atoms with E-state index in [9.17, 15) is 18.0 Å². The normalized spacial score (nSPS) is 17.8. The van der Waals surface area contributed by atoms with Crippen LogP contribution in [0.25, 0.3) is 0 Å². The number of ether oxygens (including phenoxy) is 1. The summed E-state index contributed by atoms with van der Waals surface area (Å²) < 4.78 is 40.8. The Labute approximate surface area is 133 Å². The summed E-state index contributed by atoms with van der Waals surface area (Å²) in [6.07, 6.45) is -4.02. The van der Waals surface area contributed by atoms with Crippen LogP contribution in [0.15, 0.2) is 30.3 Å². The zero-order valence-electron chi connectivity index (χ0n) is 13.0. The van der Waals surface area contributed by atoms with Crippen LogP contribution < -0.4 is 10.2 Å². The first-order chi connectivity index (χ1) is 10.8. The van der Waals surface area contributed by atoms with Crippen LogP contribution in [0.4, 0.5) is 18.9 Å². The number of nitrogens with one attached hydrogen (secondary N) is 1. The first-order valence-electron chi connectivity index (χ1n) is 7.64. The average Bonchev–Trinajstić information content (AvgIpc) is 2.53. The molecule has 0 saturated carbocycles. The van der Waals surface area contributed by atoms with Gasteiger partial charge in [0.25, 0.3) is 0 Å². The third-order valence-electron chi connectivity index (χ3n) is 3.83. The van der Waals surface area contributed by atoms with Crippen LogP contribution in [0.5, 0.6) is 0 Å². The van der Waals surface area contributed by atoms with E-state index in [1.807, 2.05) is 30.3 Å². The van der Waals surface area contributed by atoms with Gasteiger partial charge in [-0.15, -0.1) is 0 Å². The van der Waals surface area contributed by atoms with Gasteiger partial charge in [0.05, 0.1) is 0 Å². The zero-order valence-corrected chi connectivity index (χ0v) is 13.0. The molecule has 1 aromatic rings. The van der Waals surface area contributed by atoms with Crippen molar-refractivity contribution in [3.05, 3.63) is 30.3 Å². The maximum absolute atomic E-state index is 12.1. The number of rotatable bonds is 5. The number of hydrogen-bond donors (Lipinski definition) is 1. The number of anilines is 1. The van der Waals surface area contributed by atoms with Crippen molar-refractivity contribution in [2.24, 2.45) is 0 Å². The zero-order chi connectivity index (χ0) is 16.9. The van der Waals surface area contributed by atoms with Gasteiger partial charge in [0.2, 0.25) is 5.91 Å². The number of nitrogens with zero attached hydrogens (tertiary/aromatic N) is 1. The number of piperidine rings is 1. The third kappa shape index (κ3) is 5.74. The molecular weight excluding hydrogens is 309 g/mol. The number of amides is 1. The van der Waals surface area contributed by atoms with Crippen molar-refractivity contribution in [3.63, 3.8) is 0 Å². The molecule has 1 aromatic carbocycles. The number of carbonyl (C=O) groups is 1. The fraction of sp³-hybridized carbons (Fsp3) is 0.562. The monoisotopic (exact) mass is 330 g/mol. The number of alkyl halides is 3. The molecule has 0 aliphatic carbocycles. The summed E-state index contributed by atoms with van der Waals surface area (Å²) in [6.45, 7) is 1.52. The predicted molar refractivity (Wildman–Crippen MR) is 81.3 cm³/mol. The van der Waals surface area contributed by atoms with Crippen LogP contribution in [-0.4, -0.2) is 43.9 Å². The van der Waals surface area contributed by atoms with E-state index in [0.29, 0.717) is 0 Å². The lowest BCUT2D eigenvalue weighted by Crippen LogP contribution is -2.47. The minimum atomic E-state index is -4.42. The summed E-state index contributed by atoms with van der Waals surface area (Å²) in [6, 6.07) is 9.95. The largest absolute Gasteiger partial charge is 0.411 e. The highest BCUT2D eigenvalue weighted by atomic mass is 19.4. The molecule has 1 amide bonds. The van der Waals surface area contributed by atoms with Crippen molar-refractivity contribution in [2.75, 3.05) is 24.6 Å². The van der Waals surface area contributed by atoms with E-state index in [1.165, 1.54) is 6.92 Å². The maximum Gasteiger partial charge on any atom is 0.411 e. The van der Waals surface area contributed by atoms with Crippen molar-refractivity contribution in [1.82, 2.24) is 5.32 Å². The van der Waals surface area contributed by atoms with Crippen LogP contribution in [-0.2, 0) is 9.53 Å². The van der Waals surface area contributed by atoms with Gasteiger partial charge >= 0.3 is 6.18 Å². The van der Waals surface area contributed by atoms with Crippen molar-refractivity contribution < 1.29 is 22.7 Å². The summed E-state index contributed by atoms with van der Waals surface area (Å²) >= 11 is 0. The molecule has 2 rings (SSSR count). The molecule has 1 N–H and O–H groups in total. The third-order valence-corrected chi connectivity index (χ3v) is 3.83. The van der Waals surface area contributed by atoms with Crippen LogP contribution in [0.1, 0.15) is 19.8 Å². The van der Waals surface area contributed by atoms with Gasteiger partial charge in [-0.2, -0.15) is 13.2 Å². The number of carbonyl (C=O) groups excluding carboxylic acids is 1. The molecule has 128 valence electrons. The van der Waals surface area contributed by atoms with Crippen molar-refractivity contribution >= 4 is 11.6 Å². The van der Waals surface area contributed by atoms with E-state index in [-0.39, 0.29) is 6.04 Å². The second kappa shape index (κ2) is 7.68. The van der Waals surface area contributed by atoms with Gasteiger partial charge in [-0.1, -0.05) is 18.2 Å². The van der Waals surface area contributed by atoms with Crippen LogP contribution in [0.3, 0.4) is 0 Å². The lowest BCUT2D eigenvalue weighted by molar-refractivity contribution is -0.185. The van der Waals surface area contributed by atoms with E-state index in [2.05, 4.69) is 15.0 Å². The van der Waals surface area contributed by atoms with Crippen LogP contribution in [0, 0.1) is 0 Å². The summed E-state index contributed by atoms with van der Waals surface area (Å²) in [5, 5.41) is 2.77. The standard InChI is InChI=1S/C16H21F3N2O2/c1-12(23-11-16(17,18)19)15(22)20-13-7-9-21(10-8-13)14-5-3-2-4-6-14/h2-6,12-13H,7-11H2,1H3,(H,20,22). The van der Waals surface area contributed by atoms with Crippen LogP contribution >= 0.6 is 0 Å². The highest BCUT2D eigenvalue weighted by molar-refractivity contribution is 5.80. The van der Waals surface area contributed by atoms with E-state index in [0.717, 1.165) is 31.6 Å². The SMILES string of the molecule is CC(OCC(F)(F)F)C(=O)NC1CCN(c2ccccc2)CC1. The Bertz CT molecular complexity index is 500. The Morgan fingerprint density at radius 3 is 2.48 bits per heavy atom. The lowest BCUT2D eigenvalue weighted by Gasteiger charge is -2.34. The molecule has 0 bridgehead atoms. The van der Waals surface area contributed by atoms with E-state index in [4.69, 9.17) is 0 Å². The smallest absolute Gasteiger partial charge is 0.371 e. The molecule has 1 heterocycles. The quantitative estimate of drug-likeness (QED) is 0.903. The topological polar surface area (TPSA) is 41.6 Å². The summed E-state index contributed by atoms with van der Waals surface area (Å²) in [5.41, 5.74) is 1.14. The first-order valence-corrected chi connectivity index (χ1v) is 7.64. The Hall–Kier alpha value is -1.76. The average molecular weight is 330 g/mol. The van der Waals surface area contributed by atoms with Gasteiger partial charge in [-0.25, -0.2) is 0 Å². The molecule has 1 unspecified atom stereocenters. The molecule has 0 spiro atoms. The molecule has 4 nitrogen and oxygen atoms in total. The fourth-order valence-electron chi connectivity index (χ4n) is 2.53. The number of hydrogen-bond acceptors (Lipinski definition) is 3. The maximum atomic E-state index is 12.1. The predicted octanol–water partition coefficient (Wildman–Crippen LogP) is 2.74. The van der Waals surface area contributed by atoms with Crippen LogP contribution in [0.2, 0.25) is 0 Å². The van der Waals surface area contributed by atoms with Crippen molar-refractivity contribution in [1.29, 1.82) is 0 Å². The molecule has 0 aromatic heterocycles.